The molecule has 0 aliphatic heterocycles. The number of aryl methyl sites for hydroxylation is 1. The molecule has 0 atom stereocenters. The molecule has 0 bridgehead atoms. The van der Waals surface area contributed by atoms with E-state index in [-0.39, 0.29) is 0 Å². The molecule has 0 N–H and O–H groups in total. The number of rotatable bonds is 3. The highest BCUT2D eigenvalue weighted by molar-refractivity contribution is 9.10. The fourth-order valence-corrected chi connectivity index (χ4v) is 1.55. The second kappa shape index (κ2) is 4.57. The van der Waals surface area contributed by atoms with Crippen molar-refractivity contribution in [2.45, 2.75) is 19.8 Å². The van der Waals surface area contributed by atoms with Crippen molar-refractivity contribution in [3.8, 4) is 11.4 Å². The monoisotopic (exact) mass is 266 g/mol. The number of halogens is 1. The summed E-state index contributed by atoms with van der Waals surface area (Å²) in [6, 6.07) is 7.85. The summed E-state index contributed by atoms with van der Waals surface area (Å²) in [6.45, 7) is 2.09. The summed E-state index contributed by atoms with van der Waals surface area (Å²) < 4.78 is 6.16. The molecule has 3 nitrogen and oxygen atoms in total. The molecule has 0 saturated heterocycles. The SMILES string of the molecule is CCCc1nc(-c2ccc(Br)cc2)no1. The summed E-state index contributed by atoms with van der Waals surface area (Å²) in [6.07, 6.45) is 1.85. The molecule has 0 radical (unpaired) electrons. The van der Waals surface area contributed by atoms with Gasteiger partial charge in [0.25, 0.3) is 0 Å². The highest BCUT2D eigenvalue weighted by atomic mass is 79.9. The highest BCUT2D eigenvalue weighted by Gasteiger charge is 2.06. The van der Waals surface area contributed by atoms with Crippen molar-refractivity contribution >= 4 is 15.9 Å². The first kappa shape index (κ1) is 10.4. The van der Waals surface area contributed by atoms with Crippen molar-refractivity contribution < 1.29 is 4.52 Å². The summed E-state index contributed by atoms with van der Waals surface area (Å²) in [5, 5.41) is 3.93. The second-order valence-corrected chi connectivity index (χ2v) is 4.18. The Hall–Kier alpha value is -1.16. The van der Waals surface area contributed by atoms with Gasteiger partial charge in [0, 0.05) is 16.5 Å². The maximum atomic E-state index is 5.12. The van der Waals surface area contributed by atoms with Crippen LogP contribution in [-0.4, -0.2) is 10.1 Å². The fourth-order valence-electron chi connectivity index (χ4n) is 1.29. The van der Waals surface area contributed by atoms with Gasteiger partial charge in [-0.1, -0.05) is 28.0 Å². The zero-order valence-corrected chi connectivity index (χ0v) is 9.99. The van der Waals surface area contributed by atoms with Crippen molar-refractivity contribution in [1.82, 2.24) is 10.1 Å². The van der Waals surface area contributed by atoms with E-state index in [1.807, 2.05) is 24.3 Å². The van der Waals surface area contributed by atoms with Crippen molar-refractivity contribution in [1.29, 1.82) is 0 Å². The van der Waals surface area contributed by atoms with E-state index in [0.717, 1.165) is 22.9 Å². The van der Waals surface area contributed by atoms with Gasteiger partial charge in [0.2, 0.25) is 11.7 Å². The minimum atomic E-state index is 0.658. The van der Waals surface area contributed by atoms with E-state index in [9.17, 15) is 0 Å². The third kappa shape index (κ3) is 2.45. The maximum absolute atomic E-state index is 5.12. The highest BCUT2D eigenvalue weighted by Crippen LogP contribution is 2.19. The van der Waals surface area contributed by atoms with Crippen molar-refractivity contribution in [3.63, 3.8) is 0 Å². The van der Waals surface area contributed by atoms with Crippen LogP contribution in [0.1, 0.15) is 19.2 Å². The predicted molar refractivity (Wildman–Crippen MR) is 61.4 cm³/mol. The summed E-state index contributed by atoms with van der Waals surface area (Å²) in [5.74, 6) is 1.36. The van der Waals surface area contributed by atoms with E-state index in [1.165, 1.54) is 0 Å². The molecule has 15 heavy (non-hydrogen) atoms. The molecule has 2 rings (SSSR count). The Morgan fingerprint density at radius 1 is 1.27 bits per heavy atom. The molecule has 0 amide bonds. The minimum Gasteiger partial charge on any atom is -0.339 e. The molecule has 0 aliphatic rings. The molecule has 1 aromatic carbocycles. The lowest BCUT2D eigenvalue weighted by Gasteiger charge is -1.93. The lowest BCUT2D eigenvalue weighted by Crippen LogP contribution is -1.83. The Labute approximate surface area is 96.6 Å². The van der Waals surface area contributed by atoms with Crippen LogP contribution in [0.4, 0.5) is 0 Å². The standard InChI is InChI=1S/C11H11BrN2O/c1-2-3-10-13-11(14-15-10)8-4-6-9(12)7-5-8/h4-7H,2-3H2,1H3. The molecule has 0 spiro atoms. The first-order chi connectivity index (χ1) is 7.29. The van der Waals surface area contributed by atoms with Crippen LogP contribution in [0.3, 0.4) is 0 Å². The van der Waals surface area contributed by atoms with Crippen LogP contribution in [0.2, 0.25) is 0 Å². The summed E-state index contributed by atoms with van der Waals surface area (Å²) in [7, 11) is 0. The van der Waals surface area contributed by atoms with E-state index < -0.39 is 0 Å². The van der Waals surface area contributed by atoms with Crippen molar-refractivity contribution in [2.75, 3.05) is 0 Å². The normalized spacial score (nSPS) is 10.5. The van der Waals surface area contributed by atoms with Crippen molar-refractivity contribution in [2.24, 2.45) is 0 Å². The molecule has 0 aliphatic carbocycles. The zero-order valence-electron chi connectivity index (χ0n) is 8.40. The minimum absolute atomic E-state index is 0.658. The molecular weight excluding hydrogens is 256 g/mol. The molecule has 0 fully saturated rings. The Kier molecular flexibility index (Phi) is 3.16. The summed E-state index contributed by atoms with van der Waals surface area (Å²) >= 11 is 3.38. The van der Waals surface area contributed by atoms with Crippen LogP contribution < -0.4 is 0 Å². The number of benzene rings is 1. The van der Waals surface area contributed by atoms with Gasteiger partial charge in [-0.25, -0.2) is 0 Å². The second-order valence-electron chi connectivity index (χ2n) is 3.27. The lowest BCUT2D eigenvalue weighted by molar-refractivity contribution is 0.378. The number of hydrogen-bond donors (Lipinski definition) is 0. The molecule has 1 aromatic heterocycles. The van der Waals surface area contributed by atoms with Crippen LogP contribution in [0.25, 0.3) is 11.4 Å². The van der Waals surface area contributed by atoms with E-state index in [2.05, 4.69) is 33.0 Å². The first-order valence-corrected chi connectivity index (χ1v) is 5.67. The molecule has 78 valence electrons. The van der Waals surface area contributed by atoms with E-state index in [1.54, 1.807) is 0 Å². The Balaban J connectivity index is 2.25. The van der Waals surface area contributed by atoms with Crippen LogP contribution in [0, 0.1) is 0 Å². The molecule has 0 unspecified atom stereocenters. The van der Waals surface area contributed by atoms with Crippen molar-refractivity contribution in [3.05, 3.63) is 34.6 Å². The topological polar surface area (TPSA) is 38.9 Å². The van der Waals surface area contributed by atoms with Gasteiger partial charge < -0.3 is 4.52 Å². The van der Waals surface area contributed by atoms with E-state index in [4.69, 9.17) is 4.52 Å². The largest absolute Gasteiger partial charge is 0.339 e. The number of aromatic nitrogens is 2. The number of nitrogens with zero attached hydrogens (tertiary/aromatic N) is 2. The molecule has 2 aromatic rings. The van der Waals surface area contributed by atoms with E-state index >= 15 is 0 Å². The van der Waals surface area contributed by atoms with Crippen LogP contribution >= 0.6 is 15.9 Å². The molecule has 0 saturated carbocycles. The van der Waals surface area contributed by atoms with E-state index in [0.29, 0.717) is 11.7 Å². The number of hydrogen-bond acceptors (Lipinski definition) is 3. The average molecular weight is 267 g/mol. The van der Waals surface area contributed by atoms with Gasteiger partial charge in [-0.15, -0.1) is 0 Å². The Bertz CT molecular complexity index is 436. The van der Waals surface area contributed by atoms with Crippen LogP contribution in [-0.2, 0) is 6.42 Å². The third-order valence-corrected chi connectivity index (χ3v) is 2.56. The molecule has 1 heterocycles. The molecule has 4 heteroatoms. The van der Waals surface area contributed by atoms with Gasteiger partial charge in [0.05, 0.1) is 0 Å². The van der Waals surface area contributed by atoms with Gasteiger partial charge in [-0.05, 0) is 30.7 Å². The lowest BCUT2D eigenvalue weighted by atomic mass is 10.2. The molecular formula is C11H11BrN2O. The van der Waals surface area contributed by atoms with Gasteiger partial charge >= 0.3 is 0 Å². The Morgan fingerprint density at radius 3 is 2.67 bits per heavy atom. The van der Waals surface area contributed by atoms with Crippen LogP contribution in [0.15, 0.2) is 33.3 Å². The quantitative estimate of drug-likeness (QED) is 0.854. The average Bonchev–Trinajstić information content (AvgIpc) is 2.68. The smallest absolute Gasteiger partial charge is 0.226 e. The van der Waals surface area contributed by atoms with Crippen LogP contribution in [0.5, 0.6) is 0 Å². The third-order valence-electron chi connectivity index (χ3n) is 2.03. The van der Waals surface area contributed by atoms with Gasteiger partial charge in [0.15, 0.2) is 0 Å². The van der Waals surface area contributed by atoms with Gasteiger partial charge in [-0.2, -0.15) is 4.98 Å². The van der Waals surface area contributed by atoms with Gasteiger partial charge in [0.1, 0.15) is 0 Å². The fraction of sp³-hybridized carbons (Fsp3) is 0.273. The first-order valence-electron chi connectivity index (χ1n) is 4.88. The summed E-state index contributed by atoms with van der Waals surface area (Å²) in [4.78, 5) is 4.31. The zero-order chi connectivity index (χ0) is 10.7. The summed E-state index contributed by atoms with van der Waals surface area (Å²) in [5.41, 5.74) is 0.976. The van der Waals surface area contributed by atoms with Gasteiger partial charge in [-0.3, -0.25) is 0 Å². The maximum Gasteiger partial charge on any atom is 0.226 e. The predicted octanol–water partition coefficient (Wildman–Crippen LogP) is 3.45. The Morgan fingerprint density at radius 2 is 2.00 bits per heavy atom.